The zero-order valence-electron chi connectivity index (χ0n) is 12.5. The highest BCUT2D eigenvalue weighted by Gasteiger charge is 2.31. The van der Waals surface area contributed by atoms with Gasteiger partial charge in [-0.05, 0) is 50.1 Å². The van der Waals surface area contributed by atoms with Crippen molar-refractivity contribution in [3.8, 4) is 0 Å². The fraction of sp³-hybridized carbons (Fsp3) is 0.625. The van der Waals surface area contributed by atoms with E-state index < -0.39 is 0 Å². The predicted molar refractivity (Wildman–Crippen MR) is 90.5 cm³/mol. The van der Waals surface area contributed by atoms with E-state index in [0.717, 1.165) is 12.0 Å². The zero-order valence-corrected chi connectivity index (χ0v) is 14.1. The lowest BCUT2D eigenvalue weighted by molar-refractivity contribution is 0.514. The standard InChI is InChI=1S/C16H24FNS2/c1-4-15-16(20-8-7-19-15)14(18-3)10-12-9-13(17)6-5-11(12)2/h5-6,9,14-16,18H,4,7-8,10H2,1-3H3. The van der Waals surface area contributed by atoms with Crippen molar-refractivity contribution >= 4 is 23.5 Å². The van der Waals surface area contributed by atoms with Crippen LogP contribution in [0.4, 0.5) is 4.39 Å². The molecule has 20 heavy (non-hydrogen) atoms. The summed E-state index contributed by atoms with van der Waals surface area (Å²) in [6, 6.07) is 5.55. The second kappa shape index (κ2) is 7.71. The summed E-state index contributed by atoms with van der Waals surface area (Å²) in [6.07, 6.45) is 2.12. The first kappa shape index (κ1) is 16.2. The van der Waals surface area contributed by atoms with Gasteiger partial charge in [0.15, 0.2) is 0 Å². The number of nitrogens with one attached hydrogen (secondary N) is 1. The first-order chi connectivity index (χ1) is 9.65. The van der Waals surface area contributed by atoms with Gasteiger partial charge in [0.05, 0.1) is 0 Å². The van der Waals surface area contributed by atoms with Crippen molar-refractivity contribution in [2.24, 2.45) is 0 Å². The van der Waals surface area contributed by atoms with Crippen LogP contribution in [0.2, 0.25) is 0 Å². The lowest BCUT2D eigenvalue weighted by atomic mass is 9.97. The Morgan fingerprint density at radius 1 is 1.35 bits per heavy atom. The van der Waals surface area contributed by atoms with Crippen molar-refractivity contribution < 1.29 is 4.39 Å². The Morgan fingerprint density at radius 2 is 2.10 bits per heavy atom. The Bertz CT molecular complexity index is 438. The van der Waals surface area contributed by atoms with Crippen LogP contribution in [-0.2, 0) is 6.42 Å². The molecule has 0 radical (unpaired) electrons. The monoisotopic (exact) mass is 313 g/mol. The van der Waals surface area contributed by atoms with E-state index in [1.54, 1.807) is 12.1 Å². The van der Waals surface area contributed by atoms with Gasteiger partial charge >= 0.3 is 0 Å². The topological polar surface area (TPSA) is 12.0 Å². The summed E-state index contributed by atoms with van der Waals surface area (Å²) in [6.45, 7) is 4.35. The van der Waals surface area contributed by atoms with E-state index in [4.69, 9.17) is 0 Å². The van der Waals surface area contributed by atoms with Gasteiger partial charge in [0.1, 0.15) is 5.82 Å². The third-order valence-electron chi connectivity index (χ3n) is 4.01. The van der Waals surface area contributed by atoms with E-state index in [1.165, 1.54) is 23.5 Å². The van der Waals surface area contributed by atoms with Crippen LogP contribution in [0.1, 0.15) is 24.5 Å². The molecule has 1 fully saturated rings. The Morgan fingerprint density at radius 3 is 2.80 bits per heavy atom. The van der Waals surface area contributed by atoms with Gasteiger partial charge in [-0.2, -0.15) is 23.5 Å². The molecule has 1 aromatic carbocycles. The molecule has 0 bridgehead atoms. The third-order valence-corrected chi connectivity index (χ3v) is 7.42. The number of hydrogen-bond acceptors (Lipinski definition) is 3. The van der Waals surface area contributed by atoms with Gasteiger partial charge in [0, 0.05) is 28.0 Å². The van der Waals surface area contributed by atoms with Gasteiger partial charge in [0.25, 0.3) is 0 Å². The molecule has 0 spiro atoms. The van der Waals surface area contributed by atoms with Crippen LogP contribution in [0.25, 0.3) is 0 Å². The van der Waals surface area contributed by atoms with Crippen LogP contribution in [0, 0.1) is 12.7 Å². The molecule has 0 aromatic heterocycles. The molecule has 1 saturated heterocycles. The molecule has 1 aromatic rings. The third kappa shape index (κ3) is 3.92. The van der Waals surface area contributed by atoms with Crippen LogP contribution < -0.4 is 5.32 Å². The van der Waals surface area contributed by atoms with Gasteiger partial charge < -0.3 is 5.32 Å². The Kier molecular flexibility index (Phi) is 6.24. The van der Waals surface area contributed by atoms with Gasteiger partial charge in [-0.1, -0.05) is 13.0 Å². The summed E-state index contributed by atoms with van der Waals surface area (Å²) >= 11 is 4.18. The number of rotatable bonds is 5. The quantitative estimate of drug-likeness (QED) is 0.885. The minimum atomic E-state index is -0.127. The van der Waals surface area contributed by atoms with E-state index in [-0.39, 0.29) is 5.82 Å². The molecule has 4 heteroatoms. The second-order valence-corrected chi connectivity index (χ2v) is 7.96. The Hall–Kier alpha value is -0.190. The first-order valence-corrected chi connectivity index (χ1v) is 9.41. The van der Waals surface area contributed by atoms with Crippen molar-refractivity contribution in [3.63, 3.8) is 0 Å². The summed E-state index contributed by atoms with van der Waals surface area (Å²) in [5.41, 5.74) is 2.32. The van der Waals surface area contributed by atoms with Gasteiger partial charge in [-0.15, -0.1) is 0 Å². The molecular formula is C16H24FNS2. The summed E-state index contributed by atoms with van der Waals surface area (Å²) in [5, 5.41) is 4.80. The zero-order chi connectivity index (χ0) is 14.5. The molecule has 112 valence electrons. The normalized spacial score (nSPS) is 24.6. The Balaban J connectivity index is 2.13. The SMILES string of the molecule is CCC1SCCSC1C(Cc1cc(F)ccc1C)NC. The first-order valence-electron chi connectivity index (χ1n) is 7.31. The molecule has 1 nitrogen and oxygen atoms in total. The summed E-state index contributed by atoms with van der Waals surface area (Å²) < 4.78 is 13.5. The largest absolute Gasteiger partial charge is 0.316 e. The van der Waals surface area contributed by atoms with Crippen molar-refractivity contribution in [1.29, 1.82) is 0 Å². The molecule has 1 aliphatic rings. The van der Waals surface area contributed by atoms with Crippen LogP contribution in [-0.4, -0.2) is 35.1 Å². The van der Waals surface area contributed by atoms with Gasteiger partial charge in [0.2, 0.25) is 0 Å². The van der Waals surface area contributed by atoms with Crippen LogP contribution in [0.5, 0.6) is 0 Å². The average molecular weight is 314 g/mol. The lowest BCUT2D eigenvalue weighted by Gasteiger charge is -2.36. The van der Waals surface area contributed by atoms with E-state index in [0.29, 0.717) is 16.5 Å². The molecule has 1 N–H and O–H groups in total. The number of benzene rings is 1. The number of likely N-dealkylation sites (N-methyl/N-ethyl adjacent to an activating group) is 1. The lowest BCUT2D eigenvalue weighted by Crippen LogP contribution is -2.45. The number of hydrogen-bond donors (Lipinski definition) is 1. The van der Waals surface area contributed by atoms with Crippen LogP contribution >= 0.6 is 23.5 Å². The highest BCUT2D eigenvalue weighted by molar-refractivity contribution is 8.07. The smallest absolute Gasteiger partial charge is 0.123 e. The number of halogens is 1. The van der Waals surface area contributed by atoms with E-state index in [1.807, 2.05) is 13.1 Å². The van der Waals surface area contributed by atoms with Crippen LogP contribution in [0.15, 0.2) is 18.2 Å². The minimum Gasteiger partial charge on any atom is -0.316 e. The maximum absolute atomic E-state index is 13.5. The predicted octanol–water partition coefficient (Wildman–Crippen LogP) is 3.89. The summed E-state index contributed by atoms with van der Waals surface area (Å²) in [7, 11) is 2.03. The molecule has 3 atom stereocenters. The molecule has 0 aliphatic carbocycles. The highest BCUT2D eigenvalue weighted by atomic mass is 32.2. The molecule has 0 saturated carbocycles. The van der Waals surface area contributed by atoms with E-state index >= 15 is 0 Å². The summed E-state index contributed by atoms with van der Waals surface area (Å²) in [5.74, 6) is 2.36. The molecule has 2 rings (SSSR count). The van der Waals surface area contributed by atoms with E-state index in [9.17, 15) is 4.39 Å². The average Bonchev–Trinajstić information content (AvgIpc) is 2.48. The van der Waals surface area contributed by atoms with Crippen molar-refractivity contribution in [2.45, 2.75) is 43.2 Å². The van der Waals surface area contributed by atoms with E-state index in [2.05, 4.69) is 42.7 Å². The fourth-order valence-electron chi connectivity index (χ4n) is 2.79. The van der Waals surface area contributed by atoms with Gasteiger partial charge in [-0.25, -0.2) is 4.39 Å². The maximum Gasteiger partial charge on any atom is 0.123 e. The molecule has 0 amide bonds. The van der Waals surface area contributed by atoms with Crippen molar-refractivity contribution in [2.75, 3.05) is 18.6 Å². The Labute approximate surface area is 130 Å². The molecular weight excluding hydrogens is 289 g/mol. The van der Waals surface area contributed by atoms with Crippen molar-refractivity contribution in [3.05, 3.63) is 35.1 Å². The highest BCUT2D eigenvalue weighted by Crippen LogP contribution is 2.36. The summed E-state index contributed by atoms with van der Waals surface area (Å²) in [4.78, 5) is 0. The minimum absolute atomic E-state index is 0.127. The molecule has 1 heterocycles. The molecule has 3 unspecified atom stereocenters. The number of thioether (sulfide) groups is 2. The van der Waals surface area contributed by atoms with Crippen molar-refractivity contribution in [1.82, 2.24) is 5.32 Å². The fourth-order valence-corrected chi connectivity index (χ4v) is 6.09. The van der Waals surface area contributed by atoms with Crippen LogP contribution in [0.3, 0.4) is 0 Å². The second-order valence-electron chi connectivity index (χ2n) is 5.32. The maximum atomic E-state index is 13.5. The van der Waals surface area contributed by atoms with Gasteiger partial charge in [-0.3, -0.25) is 0 Å². The molecule has 1 aliphatic heterocycles. The number of aryl methyl sites for hydroxylation is 1.